The van der Waals surface area contributed by atoms with Crippen molar-refractivity contribution in [3.8, 4) is 17.4 Å². The predicted octanol–water partition coefficient (Wildman–Crippen LogP) is 4.82. The molecule has 0 aliphatic rings. The third-order valence-electron chi connectivity index (χ3n) is 6.55. The molecule has 0 spiro atoms. The quantitative estimate of drug-likeness (QED) is 0.186. The average molecular weight is 525 g/mol. The van der Waals surface area contributed by atoms with Crippen LogP contribution in [0, 0.1) is 5.92 Å². The zero-order valence-electron chi connectivity index (χ0n) is 21.8. The number of pyridine rings is 1. The summed E-state index contributed by atoms with van der Waals surface area (Å²) in [5.74, 6) is 1.67. The van der Waals surface area contributed by atoms with Crippen LogP contribution in [-0.2, 0) is 6.42 Å². The van der Waals surface area contributed by atoms with E-state index < -0.39 is 12.0 Å². The van der Waals surface area contributed by atoms with Crippen molar-refractivity contribution < 1.29 is 19.4 Å². The largest absolute Gasteiger partial charge is 0.490 e. The summed E-state index contributed by atoms with van der Waals surface area (Å²) in [6, 6.07) is 25.1. The lowest BCUT2D eigenvalue weighted by Gasteiger charge is -2.17. The number of aromatic nitrogens is 2. The van der Waals surface area contributed by atoms with Crippen LogP contribution in [0.25, 0.3) is 21.8 Å². The van der Waals surface area contributed by atoms with E-state index in [1.54, 1.807) is 12.1 Å². The lowest BCUT2D eigenvalue weighted by Crippen LogP contribution is -2.34. The number of carbonyl (C=O) groups is 1. The second kappa shape index (κ2) is 12.0. The minimum absolute atomic E-state index is 0.210. The van der Waals surface area contributed by atoms with E-state index in [-0.39, 0.29) is 6.61 Å². The summed E-state index contributed by atoms with van der Waals surface area (Å²) < 4.78 is 11.8. The number of primary amides is 1. The molecule has 5 aromatic rings. The van der Waals surface area contributed by atoms with Crippen molar-refractivity contribution in [1.29, 1.82) is 0 Å². The molecule has 0 radical (unpaired) electrons. The third kappa shape index (κ3) is 6.54. The number of para-hydroxylation sites is 1. The Morgan fingerprint density at radius 3 is 2.56 bits per heavy atom. The van der Waals surface area contributed by atoms with Crippen LogP contribution < -0.4 is 20.5 Å². The van der Waals surface area contributed by atoms with Gasteiger partial charge in [0.15, 0.2) is 0 Å². The molecule has 8 heteroatoms. The van der Waals surface area contributed by atoms with Gasteiger partial charge in [-0.15, -0.1) is 0 Å². The zero-order valence-corrected chi connectivity index (χ0v) is 21.8. The number of aliphatic hydroxyl groups is 1. The number of nitrogens with zero attached hydrogens (tertiary/aromatic N) is 1. The molecule has 0 saturated heterocycles. The highest BCUT2D eigenvalue weighted by Crippen LogP contribution is 2.33. The van der Waals surface area contributed by atoms with Crippen molar-refractivity contribution in [2.75, 3.05) is 19.7 Å². The molecule has 1 amide bonds. The van der Waals surface area contributed by atoms with Crippen LogP contribution in [0.3, 0.4) is 0 Å². The number of aromatic amines is 1. The molecule has 200 valence electrons. The highest BCUT2D eigenvalue weighted by Gasteiger charge is 2.12. The van der Waals surface area contributed by atoms with Crippen LogP contribution in [-0.4, -0.2) is 46.8 Å². The summed E-state index contributed by atoms with van der Waals surface area (Å²) in [6.45, 7) is 3.59. The van der Waals surface area contributed by atoms with Gasteiger partial charge >= 0.3 is 0 Å². The number of fused-ring (bicyclic) bond motifs is 3. The Labute approximate surface area is 226 Å². The molecule has 0 saturated carbocycles. The second-order valence-electron chi connectivity index (χ2n) is 9.78. The van der Waals surface area contributed by atoms with Crippen LogP contribution in [0.5, 0.6) is 17.4 Å². The van der Waals surface area contributed by atoms with Gasteiger partial charge in [0.25, 0.3) is 0 Å². The zero-order chi connectivity index (χ0) is 27.2. The smallest absolute Gasteiger partial charge is 0.250 e. The average Bonchev–Trinajstić information content (AvgIpc) is 3.33. The fourth-order valence-electron chi connectivity index (χ4n) is 4.61. The molecule has 0 bridgehead atoms. The summed E-state index contributed by atoms with van der Waals surface area (Å²) in [5, 5.41) is 16.0. The Kier molecular flexibility index (Phi) is 8.05. The van der Waals surface area contributed by atoms with Crippen LogP contribution >= 0.6 is 0 Å². The van der Waals surface area contributed by atoms with Crippen molar-refractivity contribution in [1.82, 2.24) is 15.3 Å². The molecule has 5 rings (SSSR count). The highest BCUT2D eigenvalue weighted by atomic mass is 16.5. The molecule has 0 aliphatic carbocycles. The van der Waals surface area contributed by atoms with Crippen LogP contribution in [0.15, 0.2) is 85.1 Å². The van der Waals surface area contributed by atoms with Crippen molar-refractivity contribution >= 4 is 27.7 Å². The molecule has 2 atom stereocenters. The maximum absolute atomic E-state index is 11.2. The Morgan fingerprint density at radius 2 is 1.79 bits per heavy atom. The van der Waals surface area contributed by atoms with Gasteiger partial charge in [0.1, 0.15) is 24.2 Å². The number of hydrogen-bond acceptors (Lipinski definition) is 6. The van der Waals surface area contributed by atoms with Gasteiger partial charge in [-0.05, 0) is 60.8 Å². The number of aliphatic hydroxyl groups excluding tert-OH is 1. The molecule has 5 N–H and O–H groups in total. The van der Waals surface area contributed by atoms with Gasteiger partial charge in [0, 0.05) is 35.1 Å². The van der Waals surface area contributed by atoms with E-state index in [9.17, 15) is 9.90 Å². The molecule has 8 nitrogen and oxygen atoms in total. The van der Waals surface area contributed by atoms with Gasteiger partial charge in [0.2, 0.25) is 11.8 Å². The minimum atomic E-state index is -0.625. The van der Waals surface area contributed by atoms with E-state index >= 15 is 0 Å². The lowest BCUT2D eigenvalue weighted by atomic mass is 10.0. The van der Waals surface area contributed by atoms with Crippen LogP contribution in [0.4, 0.5) is 0 Å². The summed E-state index contributed by atoms with van der Waals surface area (Å²) in [7, 11) is 0. The van der Waals surface area contributed by atoms with E-state index in [0.717, 1.165) is 40.5 Å². The molecular formula is C31H32N4O4. The number of benzene rings is 3. The summed E-state index contributed by atoms with van der Waals surface area (Å²) in [4.78, 5) is 18.7. The summed E-state index contributed by atoms with van der Waals surface area (Å²) in [6.07, 6.45) is 1.65. The van der Waals surface area contributed by atoms with Crippen molar-refractivity contribution in [2.24, 2.45) is 11.7 Å². The Balaban J connectivity index is 1.06. The number of H-pyrrole nitrogens is 1. The van der Waals surface area contributed by atoms with Gasteiger partial charge in [0.05, 0.1) is 11.1 Å². The molecule has 2 unspecified atom stereocenters. The number of amides is 1. The number of carbonyl (C=O) groups excluding carboxylic acids is 1. The number of rotatable bonds is 12. The van der Waals surface area contributed by atoms with E-state index in [1.807, 2.05) is 60.7 Å². The number of nitrogens with one attached hydrogen (secondary N) is 2. The topological polar surface area (TPSA) is 122 Å². The predicted molar refractivity (Wildman–Crippen MR) is 152 cm³/mol. The SMILES string of the molecule is CC(CNCC(O)COc1cccc2[nH]c3ccccc3c12)Cc1ccc(Oc2ccc(C(N)=O)cn2)cc1. The van der Waals surface area contributed by atoms with Gasteiger partial charge in [-0.1, -0.05) is 43.3 Å². The van der Waals surface area contributed by atoms with Gasteiger partial charge in [-0.25, -0.2) is 4.98 Å². The van der Waals surface area contributed by atoms with Gasteiger partial charge in [-0.2, -0.15) is 0 Å². The maximum atomic E-state index is 11.2. The monoisotopic (exact) mass is 524 g/mol. The first-order valence-corrected chi connectivity index (χ1v) is 13.0. The van der Waals surface area contributed by atoms with Gasteiger partial charge in [-0.3, -0.25) is 4.79 Å². The first kappa shape index (κ1) is 26.2. The minimum Gasteiger partial charge on any atom is -0.490 e. The van der Waals surface area contributed by atoms with Gasteiger partial charge < -0.3 is 30.6 Å². The van der Waals surface area contributed by atoms with Crippen molar-refractivity contribution in [3.63, 3.8) is 0 Å². The lowest BCUT2D eigenvalue weighted by molar-refractivity contribution is 0.1000. The summed E-state index contributed by atoms with van der Waals surface area (Å²) >= 11 is 0. The molecule has 0 aliphatic heterocycles. The highest BCUT2D eigenvalue weighted by molar-refractivity contribution is 6.10. The number of nitrogens with two attached hydrogens (primary N) is 1. The molecule has 2 aromatic heterocycles. The molecular weight excluding hydrogens is 492 g/mol. The molecule has 39 heavy (non-hydrogen) atoms. The van der Waals surface area contributed by atoms with Crippen LogP contribution in [0.2, 0.25) is 0 Å². The fourth-order valence-corrected chi connectivity index (χ4v) is 4.61. The molecule has 0 fully saturated rings. The normalized spacial score (nSPS) is 12.9. The van der Waals surface area contributed by atoms with E-state index in [4.69, 9.17) is 15.2 Å². The number of ether oxygens (including phenoxy) is 2. The van der Waals surface area contributed by atoms with Crippen molar-refractivity contribution in [3.05, 3.63) is 96.2 Å². The Morgan fingerprint density at radius 1 is 1.00 bits per heavy atom. The fraction of sp³-hybridized carbons (Fsp3) is 0.226. The van der Waals surface area contributed by atoms with E-state index in [0.29, 0.717) is 29.7 Å². The first-order valence-electron chi connectivity index (χ1n) is 13.0. The first-order chi connectivity index (χ1) is 19.0. The molecule has 2 heterocycles. The second-order valence-corrected chi connectivity index (χ2v) is 9.78. The summed E-state index contributed by atoms with van der Waals surface area (Å²) in [5.41, 5.74) is 8.84. The number of hydrogen-bond donors (Lipinski definition) is 4. The van der Waals surface area contributed by atoms with Crippen LogP contribution in [0.1, 0.15) is 22.8 Å². The Bertz CT molecular complexity index is 1550. The maximum Gasteiger partial charge on any atom is 0.250 e. The standard InChI is InChI=1S/C31H32N4O4/c1-20(15-21-9-12-24(13-10-21)39-29-14-11-22(17-34-29)31(32)37)16-33-18-23(36)19-38-28-8-4-7-27-30(28)25-5-2-3-6-26(25)35-27/h2-14,17,20,23,33,35-36H,15-16,18-19H2,1H3,(H2,32,37). The third-order valence-corrected chi connectivity index (χ3v) is 6.55. The van der Waals surface area contributed by atoms with Crippen molar-refractivity contribution in [2.45, 2.75) is 19.4 Å². The Hall–Kier alpha value is -4.40. The van der Waals surface area contributed by atoms with E-state index in [1.165, 1.54) is 11.8 Å². The van der Waals surface area contributed by atoms with E-state index in [2.05, 4.69) is 28.3 Å². The molecule has 3 aromatic carbocycles.